The Morgan fingerprint density at radius 2 is 2.12 bits per heavy atom. The van der Waals surface area contributed by atoms with E-state index in [1.807, 2.05) is 19.1 Å². The predicted molar refractivity (Wildman–Crippen MR) is 117 cm³/mol. The van der Waals surface area contributed by atoms with Gasteiger partial charge in [-0.3, -0.25) is 4.99 Å². The standard InChI is InChI=1S/C17H22Cl2N6.HI/c1-11(13-7-6-12(18)9-14(13)19)22-17(20-2)21-10-16-24-23-15-5-3-4-8-25(15)16;/h6-7,9,11H,3-5,8,10H2,1-2H3,(H2,20,21,22);1H. The van der Waals surface area contributed by atoms with E-state index in [1.165, 1.54) is 12.8 Å². The van der Waals surface area contributed by atoms with Crippen LogP contribution in [0.25, 0.3) is 0 Å². The zero-order valence-corrected chi connectivity index (χ0v) is 18.6. The first kappa shape index (κ1) is 21.2. The molecule has 0 aliphatic carbocycles. The Hall–Kier alpha value is -1.06. The van der Waals surface area contributed by atoms with Crippen molar-refractivity contribution < 1.29 is 0 Å². The third-order valence-corrected chi connectivity index (χ3v) is 4.92. The van der Waals surface area contributed by atoms with E-state index in [9.17, 15) is 0 Å². The molecule has 9 heteroatoms. The molecule has 26 heavy (non-hydrogen) atoms. The van der Waals surface area contributed by atoms with E-state index < -0.39 is 0 Å². The fourth-order valence-electron chi connectivity index (χ4n) is 2.99. The number of guanidine groups is 1. The smallest absolute Gasteiger partial charge is 0.191 e. The van der Waals surface area contributed by atoms with E-state index in [1.54, 1.807) is 13.1 Å². The highest BCUT2D eigenvalue weighted by molar-refractivity contribution is 14.0. The van der Waals surface area contributed by atoms with Crippen LogP contribution in [0, 0.1) is 0 Å². The van der Waals surface area contributed by atoms with Gasteiger partial charge in [-0.1, -0.05) is 29.3 Å². The molecule has 1 aliphatic heterocycles. The monoisotopic (exact) mass is 508 g/mol. The molecule has 0 radical (unpaired) electrons. The summed E-state index contributed by atoms with van der Waals surface area (Å²) in [6.07, 6.45) is 3.37. The van der Waals surface area contributed by atoms with E-state index in [2.05, 4.69) is 30.4 Å². The Morgan fingerprint density at radius 1 is 1.31 bits per heavy atom. The third kappa shape index (κ3) is 5.01. The van der Waals surface area contributed by atoms with Crippen molar-refractivity contribution in [1.82, 2.24) is 25.4 Å². The van der Waals surface area contributed by atoms with E-state index in [0.717, 1.165) is 30.2 Å². The lowest BCUT2D eigenvalue weighted by Gasteiger charge is -2.20. The number of nitrogens with zero attached hydrogens (tertiary/aromatic N) is 4. The number of hydrogen-bond donors (Lipinski definition) is 2. The molecule has 3 rings (SSSR count). The molecule has 1 aromatic heterocycles. The molecule has 2 aromatic rings. The van der Waals surface area contributed by atoms with Gasteiger partial charge in [0.2, 0.25) is 0 Å². The van der Waals surface area contributed by atoms with Crippen molar-refractivity contribution in [3.63, 3.8) is 0 Å². The molecule has 142 valence electrons. The third-order valence-electron chi connectivity index (χ3n) is 4.36. The van der Waals surface area contributed by atoms with Crippen molar-refractivity contribution in [2.75, 3.05) is 7.05 Å². The SMILES string of the molecule is CN=C(NCc1nnc2n1CCCC2)NC(C)c1ccc(Cl)cc1Cl.I. The summed E-state index contributed by atoms with van der Waals surface area (Å²) in [7, 11) is 1.74. The van der Waals surface area contributed by atoms with E-state index in [0.29, 0.717) is 22.5 Å². The Morgan fingerprint density at radius 3 is 2.85 bits per heavy atom. The highest BCUT2D eigenvalue weighted by atomic mass is 127. The summed E-state index contributed by atoms with van der Waals surface area (Å²) in [6.45, 7) is 3.59. The zero-order valence-electron chi connectivity index (χ0n) is 14.8. The van der Waals surface area contributed by atoms with Crippen LogP contribution in [0.3, 0.4) is 0 Å². The summed E-state index contributed by atoms with van der Waals surface area (Å²) in [5, 5.41) is 16.5. The number of fused-ring (bicyclic) bond motifs is 1. The average Bonchev–Trinajstić information content (AvgIpc) is 3.01. The average molecular weight is 509 g/mol. The van der Waals surface area contributed by atoms with Gasteiger partial charge in [-0.25, -0.2) is 0 Å². The maximum Gasteiger partial charge on any atom is 0.191 e. The first-order chi connectivity index (χ1) is 12.1. The van der Waals surface area contributed by atoms with E-state index in [-0.39, 0.29) is 30.0 Å². The number of aliphatic imine (C=N–C) groups is 1. The molecule has 0 fully saturated rings. The van der Waals surface area contributed by atoms with Crippen molar-refractivity contribution in [1.29, 1.82) is 0 Å². The van der Waals surface area contributed by atoms with Gasteiger partial charge in [0.1, 0.15) is 5.82 Å². The highest BCUT2D eigenvalue weighted by Crippen LogP contribution is 2.26. The minimum absolute atomic E-state index is 0. The van der Waals surface area contributed by atoms with Crippen molar-refractivity contribution in [2.45, 2.75) is 45.3 Å². The predicted octanol–water partition coefficient (Wildman–Crippen LogP) is 3.97. The van der Waals surface area contributed by atoms with Crippen LogP contribution >= 0.6 is 47.2 Å². The van der Waals surface area contributed by atoms with Gasteiger partial charge in [0.15, 0.2) is 11.8 Å². The Balaban J connectivity index is 0.00000243. The minimum atomic E-state index is -0.0109. The topological polar surface area (TPSA) is 67.1 Å². The summed E-state index contributed by atoms with van der Waals surface area (Å²) in [5.74, 6) is 2.70. The summed E-state index contributed by atoms with van der Waals surface area (Å²) in [4.78, 5) is 4.28. The first-order valence-corrected chi connectivity index (χ1v) is 9.17. The van der Waals surface area contributed by atoms with Gasteiger partial charge < -0.3 is 15.2 Å². The molecule has 0 bridgehead atoms. The van der Waals surface area contributed by atoms with Crippen LogP contribution in [0.2, 0.25) is 10.0 Å². The lowest BCUT2D eigenvalue weighted by Crippen LogP contribution is -2.39. The number of nitrogens with one attached hydrogen (secondary N) is 2. The van der Waals surface area contributed by atoms with E-state index in [4.69, 9.17) is 23.2 Å². The molecular weight excluding hydrogens is 486 g/mol. The van der Waals surface area contributed by atoms with Crippen LogP contribution in [0.4, 0.5) is 0 Å². The lowest BCUT2D eigenvalue weighted by atomic mass is 10.1. The molecule has 6 nitrogen and oxygen atoms in total. The normalized spacial score (nSPS) is 15.0. The summed E-state index contributed by atoms with van der Waals surface area (Å²) < 4.78 is 2.20. The largest absolute Gasteiger partial charge is 0.350 e. The molecule has 1 unspecified atom stereocenters. The second-order valence-corrected chi connectivity index (χ2v) is 6.94. The molecule has 0 spiro atoms. The Labute approximate surface area is 180 Å². The Bertz CT molecular complexity index is 777. The Kier molecular flexibility index (Phi) is 7.97. The molecule has 0 saturated carbocycles. The van der Waals surface area contributed by atoms with Gasteiger partial charge in [0.25, 0.3) is 0 Å². The molecule has 0 saturated heterocycles. The van der Waals surface area contributed by atoms with Crippen LogP contribution in [-0.4, -0.2) is 27.8 Å². The van der Waals surface area contributed by atoms with Crippen molar-refractivity contribution >= 4 is 53.1 Å². The molecular formula is C17H23Cl2IN6. The maximum atomic E-state index is 6.28. The van der Waals surface area contributed by atoms with Gasteiger partial charge in [-0.05, 0) is 37.5 Å². The molecule has 1 aliphatic rings. The van der Waals surface area contributed by atoms with Crippen LogP contribution in [0.5, 0.6) is 0 Å². The van der Waals surface area contributed by atoms with E-state index >= 15 is 0 Å². The second-order valence-electron chi connectivity index (χ2n) is 6.10. The van der Waals surface area contributed by atoms with Crippen LogP contribution in [-0.2, 0) is 19.5 Å². The highest BCUT2D eigenvalue weighted by Gasteiger charge is 2.16. The molecule has 0 amide bonds. The zero-order chi connectivity index (χ0) is 17.8. The minimum Gasteiger partial charge on any atom is -0.350 e. The maximum absolute atomic E-state index is 6.28. The fraction of sp³-hybridized carbons (Fsp3) is 0.471. The molecule has 1 aromatic carbocycles. The number of benzene rings is 1. The quantitative estimate of drug-likeness (QED) is 0.372. The summed E-state index contributed by atoms with van der Waals surface area (Å²) in [6, 6.07) is 5.49. The van der Waals surface area contributed by atoms with Crippen LogP contribution in [0.1, 0.15) is 43.0 Å². The van der Waals surface area contributed by atoms with Gasteiger partial charge in [0.05, 0.1) is 12.6 Å². The second kappa shape index (κ2) is 9.75. The molecule has 1 atom stereocenters. The number of hydrogen-bond acceptors (Lipinski definition) is 3. The van der Waals surface area contributed by atoms with Gasteiger partial charge in [-0.2, -0.15) is 0 Å². The molecule has 2 heterocycles. The van der Waals surface area contributed by atoms with Crippen LogP contribution in [0.15, 0.2) is 23.2 Å². The van der Waals surface area contributed by atoms with Crippen LogP contribution < -0.4 is 10.6 Å². The molecule has 2 N–H and O–H groups in total. The fourth-order valence-corrected chi connectivity index (χ4v) is 3.56. The van der Waals surface area contributed by atoms with Gasteiger partial charge in [-0.15, -0.1) is 34.2 Å². The van der Waals surface area contributed by atoms with Crippen molar-refractivity contribution in [3.05, 3.63) is 45.5 Å². The summed E-state index contributed by atoms with van der Waals surface area (Å²) >= 11 is 12.2. The lowest BCUT2D eigenvalue weighted by molar-refractivity contribution is 0.504. The number of aryl methyl sites for hydroxylation is 1. The van der Waals surface area contributed by atoms with Gasteiger partial charge >= 0.3 is 0 Å². The first-order valence-electron chi connectivity index (χ1n) is 8.41. The number of rotatable bonds is 4. The number of halogens is 3. The summed E-state index contributed by atoms with van der Waals surface area (Å²) in [5.41, 5.74) is 0.967. The van der Waals surface area contributed by atoms with Gasteiger partial charge in [0, 0.05) is 30.1 Å². The van der Waals surface area contributed by atoms with Crippen molar-refractivity contribution in [2.24, 2.45) is 4.99 Å². The van der Waals surface area contributed by atoms with Crippen molar-refractivity contribution in [3.8, 4) is 0 Å². The number of aromatic nitrogens is 3.